The maximum absolute atomic E-state index is 14.0. The molecule has 3 rings (SSSR count). The third-order valence-electron chi connectivity index (χ3n) is 5.41. The van der Waals surface area contributed by atoms with E-state index in [1.165, 1.54) is 17.0 Å². The number of hydrogen-bond donors (Lipinski definition) is 2. The van der Waals surface area contributed by atoms with Crippen molar-refractivity contribution in [3.8, 4) is 0 Å². The van der Waals surface area contributed by atoms with Crippen LogP contribution in [-0.2, 0) is 16.9 Å². The van der Waals surface area contributed by atoms with E-state index < -0.39 is 28.7 Å². The highest BCUT2D eigenvalue weighted by molar-refractivity contribution is 5.86. The molecule has 150 valence electrons. The maximum atomic E-state index is 14.0. The number of benzene rings is 2. The number of carbonyl (C=O) groups excluding carboxylic acids is 1. The largest absolute Gasteiger partial charge is 0.379 e. The van der Waals surface area contributed by atoms with Crippen molar-refractivity contribution in [3.63, 3.8) is 0 Å². The van der Waals surface area contributed by atoms with Crippen LogP contribution in [0.2, 0.25) is 0 Å². The van der Waals surface area contributed by atoms with E-state index in [0.29, 0.717) is 19.4 Å². The van der Waals surface area contributed by atoms with Crippen molar-refractivity contribution < 1.29 is 18.7 Å². The highest BCUT2D eigenvalue weighted by Gasteiger charge is 2.43. The summed E-state index contributed by atoms with van der Waals surface area (Å²) in [5.74, 6) is -2.35. The number of carbonyl (C=O) groups is 1. The van der Waals surface area contributed by atoms with E-state index in [1.807, 2.05) is 44.2 Å². The standard InChI is InChI=1S/C22H26F2N2O2/c1-21(2,17-9-4-3-5-10-17)25-15-22(28)12-7-13-26(20(22)27)14-16-8-6-11-18(23)19(16)24/h3-6,8-11,25,28H,7,12-15H2,1-2H3. The molecule has 0 spiro atoms. The third-order valence-corrected chi connectivity index (χ3v) is 5.41. The van der Waals surface area contributed by atoms with Gasteiger partial charge in [0.15, 0.2) is 17.2 Å². The molecule has 28 heavy (non-hydrogen) atoms. The minimum Gasteiger partial charge on any atom is -0.379 e. The molecule has 1 saturated heterocycles. The molecule has 2 aromatic carbocycles. The molecule has 2 aromatic rings. The van der Waals surface area contributed by atoms with Crippen molar-refractivity contribution in [1.82, 2.24) is 10.2 Å². The summed E-state index contributed by atoms with van der Waals surface area (Å²) in [4.78, 5) is 14.3. The monoisotopic (exact) mass is 388 g/mol. The molecule has 1 atom stereocenters. The number of halogens is 2. The van der Waals surface area contributed by atoms with Crippen LogP contribution in [0.15, 0.2) is 48.5 Å². The maximum Gasteiger partial charge on any atom is 0.256 e. The predicted molar refractivity (Wildman–Crippen MR) is 103 cm³/mol. The van der Waals surface area contributed by atoms with E-state index in [-0.39, 0.29) is 18.7 Å². The van der Waals surface area contributed by atoms with Gasteiger partial charge < -0.3 is 15.3 Å². The van der Waals surface area contributed by atoms with Crippen LogP contribution in [0.25, 0.3) is 0 Å². The van der Waals surface area contributed by atoms with Crippen molar-refractivity contribution in [2.75, 3.05) is 13.1 Å². The van der Waals surface area contributed by atoms with Gasteiger partial charge in [0.05, 0.1) is 0 Å². The van der Waals surface area contributed by atoms with Gasteiger partial charge in [-0.25, -0.2) is 8.78 Å². The first-order valence-corrected chi connectivity index (χ1v) is 9.48. The van der Waals surface area contributed by atoms with Gasteiger partial charge >= 0.3 is 0 Å². The van der Waals surface area contributed by atoms with Crippen molar-refractivity contribution in [3.05, 3.63) is 71.3 Å². The lowest BCUT2D eigenvalue weighted by Gasteiger charge is -2.40. The van der Waals surface area contributed by atoms with Gasteiger partial charge in [0.25, 0.3) is 5.91 Å². The van der Waals surface area contributed by atoms with Crippen molar-refractivity contribution in [2.45, 2.75) is 44.4 Å². The van der Waals surface area contributed by atoms with Crippen LogP contribution in [0.3, 0.4) is 0 Å². The number of amides is 1. The zero-order valence-electron chi connectivity index (χ0n) is 16.2. The second-order valence-electron chi connectivity index (χ2n) is 7.92. The summed E-state index contributed by atoms with van der Waals surface area (Å²) in [7, 11) is 0. The zero-order chi connectivity index (χ0) is 20.4. The minimum atomic E-state index is -1.58. The average molecular weight is 388 g/mol. The summed E-state index contributed by atoms with van der Waals surface area (Å²) in [6.07, 6.45) is 0.915. The molecular formula is C22H26F2N2O2. The molecule has 0 radical (unpaired) electrons. The molecular weight excluding hydrogens is 362 g/mol. The lowest BCUT2D eigenvalue weighted by molar-refractivity contribution is -0.157. The van der Waals surface area contributed by atoms with E-state index in [0.717, 1.165) is 11.6 Å². The van der Waals surface area contributed by atoms with E-state index in [9.17, 15) is 18.7 Å². The molecule has 1 aliphatic rings. The summed E-state index contributed by atoms with van der Waals surface area (Å²) in [6, 6.07) is 13.7. The number of likely N-dealkylation sites (tertiary alicyclic amines) is 1. The fourth-order valence-corrected chi connectivity index (χ4v) is 3.58. The fraction of sp³-hybridized carbons (Fsp3) is 0.409. The quantitative estimate of drug-likeness (QED) is 0.798. The van der Waals surface area contributed by atoms with Crippen LogP contribution >= 0.6 is 0 Å². The molecule has 0 bridgehead atoms. The zero-order valence-corrected chi connectivity index (χ0v) is 16.2. The van der Waals surface area contributed by atoms with Gasteiger partial charge in [-0.15, -0.1) is 0 Å². The van der Waals surface area contributed by atoms with Crippen LogP contribution in [0.1, 0.15) is 37.8 Å². The second kappa shape index (κ2) is 7.97. The highest BCUT2D eigenvalue weighted by atomic mass is 19.2. The van der Waals surface area contributed by atoms with Gasteiger partial charge in [0.1, 0.15) is 0 Å². The third kappa shape index (κ3) is 4.23. The summed E-state index contributed by atoms with van der Waals surface area (Å²) in [5, 5.41) is 14.3. The smallest absolute Gasteiger partial charge is 0.256 e. The number of nitrogens with zero attached hydrogens (tertiary/aromatic N) is 1. The number of piperidine rings is 1. The number of nitrogens with one attached hydrogen (secondary N) is 1. The van der Waals surface area contributed by atoms with Gasteiger partial charge in [-0.05, 0) is 38.3 Å². The second-order valence-corrected chi connectivity index (χ2v) is 7.92. The Balaban J connectivity index is 1.71. The molecule has 4 nitrogen and oxygen atoms in total. The van der Waals surface area contributed by atoms with Crippen LogP contribution < -0.4 is 5.32 Å². The van der Waals surface area contributed by atoms with Crippen LogP contribution in [0, 0.1) is 11.6 Å². The molecule has 1 unspecified atom stereocenters. The molecule has 2 N–H and O–H groups in total. The Labute approximate surface area is 164 Å². The van der Waals surface area contributed by atoms with Gasteiger partial charge in [-0.3, -0.25) is 4.79 Å². The predicted octanol–water partition coefficient (Wildman–Crippen LogP) is 3.34. The molecule has 1 amide bonds. The van der Waals surface area contributed by atoms with Crippen molar-refractivity contribution in [1.29, 1.82) is 0 Å². The van der Waals surface area contributed by atoms with E-state index >= 15 is 0 Å². The first kappa shape index (κ1) is 20.4. The molecule has 0 aromatic heterocycles. The minimum absolute atomic E-state index is 0.0627. The van der Waals surface area contributed by atoms with Crippen molar-refractivity contribution in [2.24, 2.45) is 0 Å². The Kier molecular flexibility index (Phi) is 5.82. The number of rotatable bonds is 6. The first-order chi connectivity index (χ1) is 13.2. The average Bonchev–Trinajstić information content (AvgIpc) is 2.68. The lowest BCUT2D eigenvalue weighted by Crippen LogP contribution is -2.59. The molecule has 6 heteroatoms. The summed E-state index contributed by atoms with van der Waals surface area (Å²) < 4.78 is 27.4. The molecule has 1 aliphatic heterocycles. The summed E-state index contributed by atoms with van der Waals surface area (Å²) in [6.45, 7) is 4.39. The normalized spacial score (nSPS) is 20.5. The van der Waals surface area contributed by atoms with Crippen LogP contribution in [-0.4, -0.2) is 34.6 Å². The molecule has 0 aliphatic carbocycles. The Morgan fingerprint density at radius 1 is 1.14 bits per heavy atom. The van der Waals surface area contributed by atoms with Crippen molar-refractivity contribution >= 4 is 5.91 Å². The molecule has 1 heterocycles. The Morgan fingerprint density at radius 2 is 1.86 bits per heavy atom. The van der Waals surface area contributed by atoms with Gasteiger partial charge in [0.2, 0.25) is 0 Å². The lowest BCUT2D eigenvalue weighted by atomic mass is 9.88. The summed E-state index contributed by atoms with van der Waals surface area (Å²) >= 11 is 0. The Hall–Kier alpha value is -2.31. The fourth-order valence-electron chi connectivity index (χ4n) is 3.58. The number of hydrogen-bond acceptors (Lipinski definition) is 3. The number of aliphatic hydroxyl groups is 1. The van der Waals surface area contributed by atoms with Gasteiger partial charge in [-0.2, -0.15) is 0 Å². The Morgan fingerprint density at radius 3 is 2.57 bits per heavy atom. The van der Waals surface area contributed by atoms with Crippen LogP contribution in [0.4, 0.5) is 8.78 Å². The van der Waals surface area contributed by atoms with Gasteiger partial charge in [-0.1, -0.05) is 42.5 Å². The Bertz CT molecular complexity index is 842. The SMILES string of the molecule is CC(C)(NCC1(O)CCCN(Cc2cccc(F)c2F)C1=O)c1ccccc1. The summed E-state index contributed by atoms with van der Waals surface area (Å²) in [5.41, 5.74) is -0.863. The van der Waals surface area contributed by atoms with E-state index in [2.05, 4.69) is 5.32 Å². The first-order valence-electron chi connectivity index (χ1n) is 9.48. The topological polar surface area (TPSA) is 52.6 Å². The molecule has 1 fully saturated rings. The highest BCUT2D eigenvalue weighted by Crippen LogP contribution is 2.27. The van der Waals surface area contributed by atoms with E-state index in [4.69, 9.17) is 0 Å². The molecule has 0 saturated carbocycles. The van der Waals surface area contributed by atoms with E-state index in [1.54, 1.807) is 0 Å². The van der Waals surface area contributed by atoms with Crippen LogP contribution in [0.5, 0.6) is 0 Å². The van der Waals surface area contributed by atoms with Gasteiger partial charge in [0, 0.05) is 30.7 Å².